The molecule has 3 aromatic rings. The number of nitrogens with one attached hydrogen (secondary N) is 1. The average molecular weight is 628 g/mol. The first kappa shape index (κ1) is 32.6. The van der Waals surface area contributed by atoms with Crippen LogP contribution in [0.15, 0.2) is 84.9 Å². The van der Waals surface area contributed by atoms with Crippen molar-refractivity contribution in [1.82, 2.24) is 25.1 Å². The van der Waals surface area contributed by atoms with Gasteiger partial charge in [-0.05, 0) is 41.7 Å². The average Bonchev–Trinajstić information content (AvgIpc) is 3.08. The monoisotopic (exact) mass is 627 g/mol. The molecule has 2 N–H and O–H groups in total. The molecule has 0 bridgehead atoms. The number of amides is 4. The van der Waals surface area contributed by atoms with Crippen molar-refractivity contribution >= 4 is 23.6 Å². The van der Waals surface area contributed by atoms with Crippen LogP contribution in [-0.2, 0) is 20.9 Å². The molecule has 11 nitrogen and oxygen atoms in total. The number of carbonyl (C=O) groups is 4. The zero-order valence-electron chi connectivity index (χ0n) is 26.2. The van der Waals surface area contributed by atoms with E-state index in [4.69, 9.17) is 4.74 Å². The van der Waals surface area contributed by atoms with E-state index in [1.165, 1.54) is 9.91 Å². The van der Waals surface area contributed by atoms with Crippen LogP contribution in [0.5, 0.6) is 5.75 Å². The van der Waals surface area contributed by atoms with Gasteiger partial charge in [0.2, 0.25) is 11.8 Å². The van der Waals surface area contributed by atoms with Crippen LogP contribution in [0.4, 0.5) is 4.79 Å². The van der Waals surface area contributed by atoms with Crippen molar-refractivity contribution in [2.75, 3.05) is 40.4 Å². The summed E-state index contributed by atoms with van der Waals surface area (Å²) in [5.74, 6) is -0.252. The van der Waals surface area contributed by atoms with Crippen LogP contribution in [0.1, 0.15) is 41.9 Å². The van der Waals surface area contributed by atoms with E-state index in [2.05, 4.69) is 29.6 Å². The lowest BCUT2D eigenvalue weighted by Crippen LogP contribution is -2.76. The molecule has 2 fully saturated rings. The maximum Gasteiger partial charge on any atom is 0.334 e. The molecule has 5 rings (SSSR count). The molecule has 0 saturated carbocycles. The number of carbonyl (C=O) groups excluding carboxylic acids is 4. The maximum absolute atomic E-state index is 14.0. The summed E-state index contributed by atoms with van der Waals surface area (Å²) < 4.78 is 5.22. The van der Waals surface area contributed by atoms with E-state index in [9.17, 15) is 24.3 Å². The highest BCUT2D eigenvalue weighted by Gasteiger charge is 2.50. The fourth-order valence-electron chi connectivity index (χ4n) is 6.34. The highest BCUT2D eigenvalue weighted by molar-refractivity contribution is 5.92. The zero-order chi connectivity index (χ0) is 32.6. The Morgan fingerprint density at radius 2 is 1.59 bits per heavy atom. The first-order chi connectivity index (χ1) is 22.3. The van der Waals surface area contributed by atoms with E-state index in [1.54, 1.807) is 24.1 Å². The van der Waals surface area contributed by atoms with Crippen molar-refractivity contribution in [3.05, 3.63) is 102 Å². The second-order valence-electron chi connectivity index (χ2n) is 11.6. The second-order valence-corrected chi connectivity index (χ2v) is 11.6. The van der Waals surface area contributed by atoms with Crippen molar-refractivity contribution in [3.63, 3.8) is 0 Å². The number of methoxy groups -OCH3 is 1. The van der Waals surface area contributed by atoms with Gasteiger partial charge < -0.3 is 25.0 Å². The number of ether oxygens (including phenoxy) is 1. The summed E-state index contributed by atoms with van der Waals surface area (Å²) >= 11 is 0. The fraction of sp³-hybridized carbons (Fsp3) is 0.371. The van der Waals surface area contributed by atoms with Crippen LogP contribution >= 0.6 is 0 Å². The van der Waals surface area contributed by atoms with Gasteiger partial charge in [0.15, 0.2) is 5.78 Å². The van der Waals surface area contributed by atoms with Gasteiger partial charge in [0.1, 0.15) is 24.6 Å². The molecule has 0 spiro atoms. The van der Waals surface area contributed by atoms with Gasteiger partial charge in [-0.25, -0.2) is 14.8 Å². The van der Waals surface area contributed by atoms with Gasteiger partial charge in [-0.3, -0.25) is 14.4 Å². The molecule has 0 unspecified atom stereocenters. The summed E-state index contributed by atoms with van der Waals surface area (Å²) in [7, 11) is 3.26. The minimum absolute atomic E-state index is 0.0159. The summed E-state index contributed by atoms with van der Waals surface area (Å²) in [5, 5.41) is 15.4. The number of piperazine rings is 1. The molecule has 2 aliphatic rings. The summed E-state index contributed by atoms with van der Waals surface area (Å²) in [4.78, 5) is 56.5. The molecule has 0 aromatic heterocycles. The quantitative estimate of drug-likeness (QED) is 0.317. The van der Waals surface area contributed by atoms with Gasteiger partial charge in [0, 0.05) is 32.5 Å². The zero-order valence-corrected chi connectivity index (χ0v) is 26.2. The Labute approximate surface area is 269 Å². The fourth-order valence-corrected chi connectivity index (χ4v) is 6.34. The van der Waals surface area contributed by atoms with Crippen LogP contribution in [0.2, 0.25) is 0 Å². The van der Waals surface area contributed by atoms with E-state index in [0.717, 1.165) is 16.7 Å². The van der Waals surface area contributed by atoms with Crippen LogP contribution < -0.4 is 10.1 Å². The van der Waals surface area contributed by atoms with Crippen molar-refractivity contribution in [1.29, 1.82) is 0 Å². The smallest absolute Gasteiger partial charge is 0.334 e. The van der Waals surface area contributed by atoms with Crippen LogP contribution in [0, 0.1) is 0 Å². The Kier molecular flexibility index (Phi) is 10.7. The van der Waals surface area contributed by atoms with Gasteiger partial charge in [0.05, 0.1) is 20.2 Å². The van der Waals surface area contributed by atoms with E-state index >= 15 is 0 Å². The standard InChI is InChI=1S/C35H41N5O6/c1-37-23-33(43)39-31(18-15-28(42)24-41)34(44)38(20-19-30(26-9-5-3-6-10-26)27-11-7-4-8-12-27)22-32(39)40(37)35(45)36-21-25-13-16-29(46-2)17-14-25/h3-14,16-17,30-32,41H,15,18-24H2,1-2H3,(H,36,45)/t31-,32-/m0/s1. The van der Waals surface area contributed by atoms with Crippen molar-refractivity contribution in [2.24, 2.45) is 0 Å². The molecule has 0 radical (unpaired) electrons. The number of ketones is 1. The summed E-state index contributed by atoms with van der Waals surface area (Å²) in [6.45, 7) is 0.00235. The largest absolute Gasteiger partial charge is 0.497 e. The summed E-state index contributed by atoms with van der Waals surface area (Å²) in [5.41, 5.74) is 3.12. The van der Waals surface area contributed by atoms with Crippen molar-refractivity contribution < 1.29 is 29.0 Å². The number of rotatable bonds is 12. The van der Waals surface area contributed by atoms with Crippen molar-refractivity contribution in [2.45, 2.75) is 43.9 Å². The topological polar surface area (TPSA) is 123 Å². The molecule has 11 heteroatoms. The molecule has 46 heavy (non-hydrogen) atoms. The predicted octanol–water partition coefficient (Wildman–Crippen LogP) is 3.00. The van der Waals surface area contributed by atoms with Crippen LogP contribution in [-0.4, -0.2) is 101 Å². The number of likely N-dealkylation sites (N-methyl/N-ethyl adjacent to an activating group) is 1. The minimum atomic E-state index is -0.945. The first-order valence-electron chi connectivity index (χ1n) is 15.5. The number of hydrogen-bond acceptors (Lipinski definition) is 7. The van der Waals surface area contributed by atoms with Crippen LogP contribution in [0.25, 0.3) is 0 Å². The normalized spacial score (nSPS) is 18.5. The lowest BCUT2D eigenvalue weighted by molar-refractivity contribution is -0.187. The number of urea groups is 1. The van der Waals surface area contributed by atoms with Crippen LogP contribution in [0.3, 0.4) is 0 Å². The van der Waals surface area contributed by atoms with Gasteiger partial charge in [-0.15, -0.1) is 0 Å². The van der Waals surface area contributed by atoms with E-state index in [0.29, 0.717) is 18.7 Å². The van der Waals surface area contributed by atoms with Gasteiger partial charge in [-0.1, -0.05) is 72.8 Å². The first-order valence-corrected chi connectivity index (χ1v) is 15.5. The molecule has 242 valence electrons. The van der Waals surface area contributed by atoms with E-state index in [1.807, 2.05) is 60.7 Å². The summed E-state index contributed by atoms with van der Waals surface area (Å²) in [6, 6.07) is 26.2. The number of fused-ring (bicyclic) bond motifs is 1. The third-order valence-corrected chi connectivity index (χ3v) is 8.71. The molecule has 3 aromatic carbocycles. The SMILES string of the molecule is COc1ccc(CNC(=O)N2[C@H]3CN(CCC(c4ccccc4)c4ccccc4)C(=O)[C@H](CCC(=O)CO)N3C(=O)CN2C)cc1. The number of Topliss-reactive ketones (excluding diaryl/α,β-unsaturated/α-hetero) is 1. The Bertz CT molecular complexity index is 1460. The second kappa shape index (κ2) is 15.0. The molecular weight excluding hydrogens is 586 g/mol. The lowest BCUT2D eigenvalue weighted by Gasteiger charge is -2.54. The Hall–Kier alpha value is -4.74. The Balaban J connectivity index is 1.40. The minimum Gasteiger partial charge on any atom is -0.497 e. The van der Waals surface area contributed by atoms with Gasteiger partial charge in [0.25, 0.3) is 0 Å². The van der Waals surface area contributed by atoms with Gasteiger partial charge in [-0.2, -0.15) is 0 Å². The molecule has 2 aliphatic heterocycles. The number of benzene rings is 3. The van der Waals surface area contributed by atoms with E-state index < -0.39 is 30.6 Å². The third kappa shape index (κ3) is 7.38. The molecule has 2 saturated heterocycles. The third-order valence-electron chi connectivity index (χ3n) is 8.71. The molecule has 2 heterocycles. The predicted molar refractivity (Wildman–Crippen MR) is 171 cm³/mol. The molecule has 0 aliphatic carbocycles. The van der Waals surface area contributed by atoms with Crippen molar-refractivity contribution in [3.8, 4) is 5.75 Å². The number of hydrazine groups is 1. The summed E-state index contributed by atoms with van der Waals surface area (Å²) in [6.07, 6.45) is -0.167. The molecular formula is C35H41N5O6. The highest BCUT2D eigenvalue weighted by Crippen LogP contribution is 2.32. The number of aliphatic hydroxyl groups excluding tert-OH is 1. The molecule has 4 amide bonds. The number of aliphatic hydroxyl groups is 1. The van der Waals surface area contributed by atoms with E-state index in [-0.39, 0.29) is 50.2 Å². The number of hydrogen-bond donors (Lipinski definition) is 2. The maximum atomic E-state index is 14.0. The highest BCUT2D eigenvalue weighted by atomic mass is 16.5. The van der Waals surface area contributed by atoms with Gasteiger partial charge >= 0.3 is 6.03 Å². The Morgan fingerprint density at radius 3 is 2.17 bits per heavy atom. The number of nitrogens with zero attached hydrogens (tertiary/aromatic N) is 4. The Morgan fingerprint density at radius 1 is 0.957 bits per heavy atom. The lowest BCUT2D eigenvalue weighted by atomic mass is 9.88. The molecule has 2 atom stereocenters.